The fourth-order valence-electron chi connectivity index (χ4n) is 5.13. The van der Waals surface area contributed by atoms with Gasteiger partial charge in [0.15, 0.2) is 6.10 Å². The molecular formula is C40H73O10P. The van der Waals surface area contributed by atoms with Crippen molar-refractivity contribution < 1.29 is 47.8 Å². The van der Waals surface area contributed by atoms with Crippen molar-refractivity contribution in [1.82, 2.24) is 0 Å². The molecule has 0 heterocycles. The average molecular weight is 745 g/mol. The number of hydrogen-bond donors (Lipinski definition) is 3. The van der Waals surface area contributed by atoms with Gasteiger partial charge in [0, 0.05) is 12.8 Å². The molecule has 0 aliphatic rings. The van der Waals surface area contributed by atoms with Gasteiger partial charge in [0.2, 0.25) is 0 Å². The number of phosphoric acid groups is 1. The van der Waals surface area contributed by atoms with Crippen molar-refractivity contribution in [1.29, 1.82) is 0 Å². The van der Waals surface area contributed by atoms with Crippen molar-refractivity contribution in [2.75, 3.05) is 26.4 Å². The van der Waals surface area contributed by atoms with Crippen LogP contribution in [0.5, 0.6) is 0 Å². The van der Waals surface area contributed by atoms with E-state index in [4.69, 9.17) is 19.1 Å². The molecule has 0 radical (unpaired) electrons. The van der Waals surface area contributed by atoms with Gasteiger partial charge in [-0.1, -0.05) is 121 Å². The quantitative estimate of drug-likeness (QED) is 0.0243. The Morgan fingerprint density at radius 1 is 0.588 bits per heavy atom. The molecule has 11 heteroatoms. The Morgan fingerprint density at radius 3 is 1.57 bits per heavy atom. The van der Waals surface area contributed by atoms with Gasteiger partial charge in [-0.3, -0.25) is 18.6 Å². The molecule has 298 valence electrons. The van der Waals surface area contributed by atoms with E-state index in [0.717, 1.165) is 51.4 Å². The van der Waals surface area contributed by atoms with Crippen LogP contribution in [0.3, 0.4) is 0 Å². The van der Waals surface area contributed by atoms with Crippen LogP contribution >= 0.6 is 7.82 Å². The first-order chi connectivity index (χ1) is 24.7. The number of unbranched alkanes of at least 4 members (excludes halogenated alkanes) is 17. The Labute approximate surface area is 310 Å². The van der Waals surface area contributed by atoms with Crippen LogP contribution < -0.4 is 0 Å². The summed E-state index contributed by atoms with van der Waals surface area (Å²) in [6.45, 7) is 2.30. The lowest BCUT2D eigenvalue weighted by Gasteiger charge is -2.20. The van der Waals surface area contributed by atoms with Crippen molar-refractivity contribution in [3.05, 3.63) is 36.5 Å². The van der Waals surface area contributed by atoms with E-state index in [1.165, 1.54) is 77.0 Å². The number of phosphoric ester groups is 1. The third kappa shape index (κ3) is 36.3. The van der Waals surface area contributed by atoms with Crippen molar-refractivity contribution in [3.63, 3.8) is 0 Å². The van der Waals surface area contributed by atoms with Crippen LogP contribution in [0.15, 0.2) is 36.5 Å². The molecule has 0 amide bonds. The van der Waals surface area contributed by atoms with Gasteiger partial charge in [0.1, 0.15) is 12.7 Å². The molecule has 0 aliphatic carbocycles. The topological polar surface area (TPSA) is 149 Å². The lowest BCUT2D eigenvalue weighted by molar-refractivity contribution is -0.161. The van der Waals surface area contributed by atoms with E-state index in [-0.39, 0.29) is 19.4 Å². The minimum Gasteiger partial charge on any atom is -0.462 e. The van der Waals surface area contributed by atoms with Gasteiger partial charge in [0.25, 0.3) is 0 Å². The van der Waals surface area contributed by atoms with Crippen LogP contribution in [0.2, 0.25) is 0 Å². The normalized spacial score (nSPS) is 14.4. The van der Waals surface area contributed by atoms with Crippen LogP contribution in [0.4, 0.5) is 0 Å². The smallest absolute Gasteiger partial charge is 0.462 e. The van der Waals surface area contributed by atoms with Crippen LogP contribution in [-0.4, -0.2) is 65.7 Å². The predicted octanol–water partition coefficient (Wildman–Crippen LogP) is 10.00. The molecule has 0 saturated heterocycles. The molecule has 0 aromatic carbocycles. The summed E-state index contributed by atoms with van der Waals surface area (Å²) in [5.41, 5.74) is 0. The molecule has 3 atom stereocenters. The zero-order valence-electron chi connectivity index (χ0n) is 32.1. The Morgan fingerprint density at radius 2 is 1.02 bits per heavy atom. The van der Waals surface area contributed by atoms with Crippen LogP contribution in [-0.2, 0) is 32.7 Å². The first-order valence-electron chi connectivity index (χ1n) is 19.9. The molecule has 0 saturated carbocycles. The Balaban J connectivity index is 4.43. The standard InChI is InChI=1S/C40H73O10P/c1-3-5-7-9-11-13-15-17-18-20-22-24-26-28-30-32-40(44)50-38(36-49-51(45,46)48-34-37(42)33-41)35-47-39(43)31-29-27-25-23-21-19-16-14-12-10-8-6-4-2/h17-19,21-22,24,37-38,41-42H,3-16,20,23,25-36H2,1-2H3,(H,45,46)/b18-17+,21-19+,24-22+/t37-,38+/m0/s1. The summed E-state index contributed by atoms with van der Waals surface area (Å²) in [6, 6.07) is 0. The summed E-state index contributed by atoms with van der Waals surface area (Å²) in [6.07, 6.45) is 35.5. The largest absolute Gasteiger partial charge is 0.472 e. The Bertz CT molecular complexity index is 952. The highest BCUT2D eigenvalue weighted by atomic mass is 31.2. The molecule has 0 aromatic heterocycles. The molecule has 0 aliphatic heterocycles. The van der Waals surface area contributed by atoms with Crippen molar-refractivity contribution in [2.24, 2.45) is 0 Å². The number of aliphatic hydroxyl groups excluding tert-OH is 2. The van der Waals surface area contributed by atoms with Gasteiger partial charge in [-0.15, -0.1) is 0 Å². The molecular weight excluding hydrogens is 671 g/mol. The third-order valence-corrected chi connectivity index (χ3v) is 9.22. The van der Waals surface area contributed by atoms with E-state index in [1.54, 1.807) is 0 Å². The van der Waals surface area contributed by atoms with Gasteiger partial charge < -0.3 is 24.6 Å². The molecule has 1 unspecified atom stereocenters. The van der Waals surface area contributed by atoms with Crippen molar-refractivity contribution in [3.8, 4) is 0 Å². The highest BCUT2D eigenvalue weighted by Crippen LogP contribution is 2.43. The van der Waals surface area contributed by atoms with Gasteiger partial charge in [-0.2, -0.15) is 0 Å². The molecule has 10 nitrogen and oxygen atoms in total. The number of hydrogen-bond acceptors (Lipinski definition) is 9. The zero-order valence-corrected chi connectivity index (χ0v) is 33.0. The predicted molar refractivity (Wildman–Crippen MR) is 205 cm³/mol. The van der Waals surface area contributed by atoms with Crippen LogP contribution in [0, 0.1) is 0 Å². The highest BCUT2D eigenvalue weighted by Gasteiger charge is 2.27. The summed E-state index contributed by atoms with van der Waals surface area (Å²) in [7, 11) is -4.62. The number of allylic oxidation sites excluding steroid dienone is 6. The summed E-state index contributed by atoms with van der Waals surface area (Å²) < 4.78 is 32.6. The van der Waals surface area contributed by atoms with Gasteiger partial charge >= 0.3 is 19.8 Å². The van der Waals surface area contributed by atoms with E-state index >= 15 is 0 Å². The monoisotopic (exact) mass is 744 g/mol. The van der Waals surface area contributed by atoms with E-state index in [0.29, 0.717) is 12.8 Å². The van der Waals surface area contributed by atoms with Gasteiger partial charge in [0.05, 0.1) is 19.8 Å². The van der Waals surface area contributed by atoms with Gasteiger partial charge in [-0.25, -0.2) is 4.57 Å². The summed E-state index contributed by atoms with van der Waals surface area (Å²) in [5, 5.41) is 18.3. The maximum absolute atomic E-state index is 12.5. The average Bonchev–Trinajstić information content (AvgIpc) is 3.12. The number of carbonyl (C=O) groups is 2. The number of ether oxygens (including phenoxy) is 2. The Kier molecular flexibility index (Phi) is 35.2. The van der Waals surface area contributed by atoms with Crippen LogP contribution in [0.25, 0.3) is 0 Å². The second kappa shape index (κ2) is 36.5. The first kappa shape index (κ1) is 49.2. The fraction of sp³-hybridized carbons (Fsp3) is 0.800. The molecule has 0 aromatic rings. The Hall–Kier alpha value is -1.81. The third-order valence-electron chi connectivity index (χ3n) is 8.27. The van der Waals surface area contributed by atoms with Crippen molar-refractivity contribution in [2.45, 2.75) is 180 Å². The van der Waals surface area contributed by atoms with E-state index < -0.39 is 51.8 Å². The maximum Gasteiger partial charge on any atom is 0.472 e. The first-order valence-corrected chi connectivity index (χ1v) is 21.4. The highest BCUT2D eigenvalue weighted by molar-refractivity contribution is 7.47. The molecule has 0 rings (SSSR count). The minimum absolute atomic E-state index is 0.139. The maximum atomic E-state index is 12.5. The van der Waals surface area contributed by atoms with Crippen LogP contribution in [0.1, 0.15) is 168 Å². The molecule has 0 bridgehead atoms. The summed E-state index contributed by atoms with van der Waals surface area (Å²) >= 11 is 0. The molecule has 0 spiro atoms. The van der Waals surface area contributed by atoms with E-state index in [9.17, 15) is 24.2 Å². The second-order valence-corrected chi connectivity index (χ2v) is 14.8. The lowest BCUT2D eigenvalue weighted by Crippen LogP contribution is -2.29. The van der Waals surface area contributed by atoms with E-state index in [1.807, 2.05) is 0 Å². The van der Waals surface area contributed by atoms with Crippen molar-refractivity contribution >= 4 is 19.8 Å². The second-order valence-electron chi connectivity index (χ2n) is 13.3. The minimum atomic E-state index is -4.62. The molecule has 3 N–H and O–H groups in total. The SMILES string of the molecule is CCCCCCCC/C=C/C/C=C/CCCCC(=O)O[C@H](COC(=O)CCCCC/C=C/CCCCCCCC)COP(=O)(O)OC[C@@H](O)CO. The fourth-order valence-corrected chi connectivity index (χ4v) is 5.92. The van der Waals surface area contributed by atoms with Gasteiger partial charge in [-0.05, 0) is 70.6 Å². The number of esters is 2. The number of aliphatic hydroxyl groups is 2. The summed E-state index contributed by atoms with van der Waals surface area (Å²) in [5.74, 6) is -0.983. The number of carbonyl (C=O) groups excluding carboxylic acids is 2. The molecule has 0 fully saturated rings. The molecule has 51 heavy (non-hydrogen) atoms. The van der Waals surface area contributed by atoms with E-state index in [2.05, 4.69) is 54.8 Å². The zero-order chi connectivity index (χ0) is 37.7. The number of rotatable bonds is 37. The summed E-state index contributed by atoms with van der Waals surface area (Å²) in [4.78, 5) is 34.8. The lowest BCUT2D eigenvalue weighted by atomic mass is 10.1.